The van der Waals surface area contributed by atoms with Crippen molar-refractivity contribution < 1.29 is 33.7 Å². The summed E-state index contributed by atoms with van der Waals surface area (Å²) in [5.41, 5.74) is 1.14. The van der Waals surface area contributed by atoms with Crippen LogP contribution in [0.1, 0.15) is 124 Å². The molecule has 0 bridgehead atoms. The van der Waals surface area contributed by atoms with Gasteiger partial charge in [-0.3, -0.25) is 0 Å². The number of hydrogen-bond acceptors (Lipinski definition) is 7. The molecule has 7 heteroatoms. The molecule has 0 spiro atoms. The molecule has 0 saturated carbocycles. The predicted octanol–water partition coefficient (Wildman–Crippen LogP) is 6.74. The van der Waals surface area contributed by atoms with Crippen LogP contribution < -0.4 is 0 Å². The molecule has 0 fully saturated rings. The number of aryl methyl sites for hydroxylation is 1. The van der Waals surface area contributed by atoms with E-state index in [-0.39, 0.29) is 24.2 Å². The van der Waals surface area contributed by atoms with E-state index < -0.39 is 30.6 Å². The van der Waals surface area contributed by atoms with Crippen LogP contribution in [0, 0.1) is 0 Å². The maximum absolute atomic E-state index is 13.2. The Bertz CT molecular complexity index is 834. The molecule has 1 rings (SSSR count). The van der Waals surface area contributed by atoms with Gasteiger partial charge in [-0.05, 0) is 30.9 Å². The monoisotopic (exact) mass is 532 g/mol. The predicted molar refractivity (Wildman–Crippen MR) is 149 cm³/mol. The Morgan fingerprint density at radius 3 is 2.11 bits per heavy atom. The molecule has 0 aliphatic heterocycles. The Balaban J connectivity index is 2.91. The summed E-state index contributed by atoms with van der Waals surface area (Å²) in [5.74, 6) is -1.83. The molecule has 1 aromatic carbocycles. The molecule has 1 N–H and O–H groups in total. The van der Waals surface area contributed by atoms with Crippen LogP contribution >= 0.6 is 0 Å². The molecule has 1 aromatic rings. The van der Waals surface area contributed by atoms with E-state index in [0.29, 0.717) is 13.0 Å². The molecule has 214 valence electrons. The van der Waals surface area contributed by atoms with Gasteiger partial charge in [0.1, 0.15) is 6.10 Å². The minimum Gasteiger partial charge on any atom is -0.462 e. The normalized spacial score (nSPS) is 11.6. The molecule has 0 aromatic heterocycles. The molecule has 0 aliphatic carbocycles. The summed E-state index contributed by atoms with van der Waals surface area (Å²) < 4.78 is 16.0. The number of benzene rings is 1. The number of unbranched alkanes of at least 4 members (excludes halogenated alkanes) is 10. The molecule has 0 amide bonds. The summed E-state index contributed by atoms with van der Waals surface area (Å²) in [5, 5.41) is 9.67. The van der Waals surface area contributed by atoms with Crippen molar-refractivity contribution in [2.75, 3.05) is 19.8 Å². The van der Waals surface area contributed by atoms with E-state index in [4.69, 9.17) is 14.2 Å². The first kappa shape index (κ1) is 33.4. The zero-order chi connectivity index (χ0) is 28.0. The minimum absolute atomic E-state index is 0.0331. The third-order valence-electron chi connectivity index (χ3n) is 6.43. The molecule has 0 aliphatic rings. The van der Waals surface area contributed by atoms with Gasteiger partial charge in [0.15, 0.2) is 0 Å². The van der Waals surface area contributed by atoms with E-state index in [9.17, 15) is 19.5 Å². The number of aliphatic hydroxyl groups excluding tert-OH is 1. The van der Waals surface area contributed by atoms with Crippen LogP contribution in [-0.2, 0) is 25.4 Å². The standard InChI is InChI=1S/C31H48O7/c1-4-7-9-11-13-15-18-25-19-17-20-27(29(25)31(35)37-22-16-14-12-10-8-5-2)30(34)38-26(24-32)21-23-36-28(33)6-3/h6,17,19-20,26,32H,3-5,7-16,18,21-24H2,1-2H3. The van der Waals surface area contributed by atoms with Crippen LogP contribution in [-0.4, -0.2) is 48.9 Å². The van der Waals surface area contributed by atoms with Gasteiger partial charge in [0.25, 0.3) is 0 Å². The highest BCUT2D eigenvalue weighted by atomic mass is 16.6. The Hall–Kier alpha value is -2.67. The van der Waals surface area contributed by atoms with Crippen molar-refractivity contribution in [2.24, 2.45) is 0 Å². The van der Waals surface area contributed by atoms with Gasteiger partial charge in [0.05, 0.1) is 30.9 Å². The molecular weight excluding hydrogens is 484 g/mol. The van der Waals surface area contributed by atoms with E-state index in [0.717, 1.165) is 50.2 Å². The molecule has 0 saturated heterocycles. The highest BCUT2D eigenvalue weighted by molar-refractivity contribution is 6.04. The first-order valence-corrected chi connectivity index (χ1v) is 14.4. The second-order valence-electron chi connectivity index (χ2n) is 9.63. The van der Waals surface area contributed by atoms with Gasteiger partial charge in [-0.25, -0.2) is 14.4 Å². The smallest absolute Gasteiger partial charge is 0.339 e. The fourth-order valence-corrected chi connectivity index (χ4v) is 4.19. The van der Waals surface area contributed by atoms with Crippen molar-refractivity contribution in [3.63, 3.8) is 0 Å². The van der Waals surface area contributed by atoms with Crippen LogP contribution in [0.4, 0.5) is 0 Å². The summed E-state index contributed by atoms with van der Waals surface area (Å²) in [6.07, 6.45) is 14.1. The van der Waals surface area contributed by atoms with Gasteiger partial charge < -0.3 is 19.3 Å². The largest absolute Gasteiger partial charge is 0.462 e. The van der Waals surface area contributed by atoms with Crippen molar-refractivity contribution in [2.45, 2.75) is 110 Å². The Kier molecular flexibility index (Phi) is 18.7. The number of esters is 3. The van der Waals surface area contributed by atoms with Crippen LogP contribution in [0.3, 0.4) is 0 Å². The fraction of sp³-hybridized carbons (Fsp3) is 0.645. The third-order valence-corrected chi connectivity index (χ3v) is 6.43. The van der Waals surface area contributed by atoms with Crippen LogP contribution in [0.5, 0.6) is 0 Å². The Morgan fingerprint density at radius 2 is 1.47 bits per heavy atom. The van der Waals surface area contributed by atoms with Crippen LogP contribution in [0.2, 0.25) is 0 Å². The lowest BCUT2D eigenvalue weighted by Gasteiger charge is -2.18. The van der Waals surface area contributed by atoms with Crippen LogP contribution in [0.25, 0.3) is 0 Å². The van der Waals surface area contributed by atoms with Gasteiger partial charge in [-0.15, -0.1) is 0 Å². The highest BCUT2D eigenvalue weighted by Crippen LogP contribution is 2.22. The van der Waals surface area contributed by atoms with Crippen molar-refractivity contribution >= 4 is 17.9 Å². The van der Waals surface area contributed by atoms with Crippen molar-refractivity contribution in [1.29, 1.82) is 0 Å². The lowest BCUT2D eigenvalue weighted by atomic mass is 9.96. The van der Waals surface area contributed by atoms with Gasteiger partial charge in [-0.2, -0.15) is 0 Å². The maximum atomic E-state index is 13.2. The summed E-state index contributed by atoms with van der Waals surface area (Å²) in [7, 11) is 0. The van der Waals surface area contributed by atoms with E-state index in [1.165, 1.54) is 38.5 Å². The highest BCUT2D eigenvalue weighted by Gasteiger charge is 2.25. The first-order valence-electron chi connectivity index (χ1n) is 14.4. The third kappa shape index (κ3) is 13.8. The fourth-order valence-electron chi connectivity index (χ4n) is 4.19. The number of aliphatic hydroxyl groups is 1. The zero-order valence-electron chi connectivity index (χ0n) is 23.5. The maximum Gasteiger partial charge on any atom is 0.339 e. The topological polar surface area (TPSA) is 99.1 Å². The Morgan fingerprint density at radius 1 is 0.842 bits per heavy atom. The molecular formula is C31H48O7. The lowest BCUT2D eigenvalue weighted by Crippen LogP contribution is -2.26. The van der Waals surface area contributed by atoms with E-state index in [2.05, 4.69) is 20.4 Å². The lowest BCUT2D eigenvalue weighted by molar-refractivity contribution is -0.138. The number of carbonyl (C=O) groups excluding carboxylic acids is 3. The number of rotatable bonds is 22. The molecule has 7 nitrogen and oxygen atoms in total. The van der Waals surface area contributed by atoms with Gasteiger partial charge >= 0.3 is 17.9 Å². The molecule has 1 unspecified atom stereocenters. The number of hydrogen-bond donors (Lipinski definition) is 1. The van der Waals surface area contributed by atoms with Crippen molar-refractivity contribution in [3.8, 4) is 0 Å². The summed E-state index contributed by atoms with van der Waals surface area (Å²) in [6.45, 7) is 7.52. The van der Waals surface area contributed by atoms with E-state index >= 15 is 0 Å². The first-order chi connectivity index (χ1) is 18.5. The van der Waals surface area contributed by atoms with Gasteiger partial charge in [-0.1, -0.05) is 96.8 Å². The molecule has 0 heterocycles. The zero-order valence-corrected chi connectivity index (χ0v) is 23.5. The quantitative estimate of drug-likeness (QED) is 0.0763. The summed E-state index contributed by atoms with van der Waals surface area (Å²) >= 11 is 0. The molecule has 1 atom stereocenters. The molecule has 38 heavy (non-hydrogen) atoms. The van der Waals surface area contributed by atoms with Crippen molar-refractivity contribution in [3.05, 3.63) is 47.5 Å². The number of carbonyl (C=O) groups is 3. The SMILES string of the molecule is C=CC(=O)OCCC(CO)OC(=O)c1cccc(CCCCCCCC)c1C(=O)OCCCCCCCC. The van der Waals surface area contributed by atoms with Crippen LogP contribution in [0.15, 0.2) is 30.9 Å². The average Bonchev–Trinajstić information content (AvgIpc) is 2.93. The van der Waals surface area contributed by atoms with E-state index in [1.807, 2.05) is 6.07 Å². The second-order valence-corrected chi connectivity index (χ2v) is 9.63. The van der Waals surface area contributed by atoms with Crippen molar-refractivity contribution in [1.82, 2.24) is 0 Å². The van der Waals surface area contributed by atoms with Gasteiger partial charge in [0.2, 0.25) is 0 Å². The minimum atomic E-state index is -0.880. The number of ether oxygens (including phenoxy) is 3. The Labute approximate surface area is 228 Å². The second kappa shape index (κ2) is 21.3. The summed E-state index contributed by atoms with van der Waals surface area (Å²) in [4.78, 5) is 37.5. The molecule has 0 radical (unpaired) electrons. The average molecular weight is 533 g/mol. The van der Waals surface area contributed by atoms with E-state index in [1.54, 1.807) is 12.1 Å². The van der Waals surface area contributed by atoms with Gasteiger partial charge in [0, 0.05) is 12.5 Å². The summed E-state index contributed by atoms with van der Waals surface area (Å²) in [6, 6.07) is 5.16.